The maximum Gasteiger partial charge on any atom is 0.346 e. The van der Waals surface area contributed by atoms with E-state index in [2.05, 4.69) is 63.0 Å². The molecule has 0 saturated heterocycles. The molecule has 0 radical (unpaired) electrons. The maximum atomic E-state index is 11.9. The number of halogens is 1. The molecule has 1 aromatic heterocycles. The SMILES string of the molecule is CC(C)[Si](C#Cc1nc(=O)[nH]c2ccc(Cl)cc12)(C(C)C)C(C)C. The normalized spacial score (nSPS) is 12.1. The number of nitrogens with one attached hydrogen (secondary N) is 1. The third kappa shape index (κ3) is 3.43. The lowest BCUT2D eigenvalue weighted by Crippen LogP contribution is -2.43. The standard InChI is InChI=1S/C19H25ClN2OSi/c1-12(2)24(13(3)4,14(5)6)10-9-18-16-11-15(20)7-8-17(16)21-19(23)22-18/h7-8,11-14H,1-6H3,(H,21,22,23). The summed E-state index contributed by atoms with van der Waals surface area (Å²) in [5.41, 5.74) is 6.07. The van der Waals surface area contributed by atoms with Crippen LogP contribution in [0, 0.1) is 11.5 Å². The van der Waals surface area contributed by atoms with E-state index in [-0.39, 0.29) is 5.69 Å². The first-order chi connectivity index (χ1) is 11.2. The van der Waals surface area contributed by atoms with E-state index in [0.717, 1.165) is 10.9 Å². The lowest BCUT2D eigenvalue weighted by atomic mass is 10.2. The Morgan fingerprint density at radius 3 is 2.21 bits per heavy atom. The highest BCUT2D eigenvalue weighted by Crippen LogP contribution is 2.40. The minimum Gasteiger partial charge on any atom is -0.305 e. The zero-order valence-electron chi connectivity index (χ0n) is 15.2. The van der Waals surface area contributed by atoms with Gasteiger partial charge in [-0.3, -0.25) is 0 Å². The van der Waals surface area contributed by atoms with Crippen molar-refractivity contribution in [2.75, 3.05) is 0 Å². The van der Waals surface area contributed by atoms with Crippen LogP contribution in [-0.2, 0) is 0 Å². The van der Waals surface area contributed by atoms with Gasteiger partial charge in [0.1, 0.15) is 13.8 Å². The number of hydrogen-bond acceptors (Lipinski definition) is 2. The number of rotatable bonds is 3. The van der Waals surface area contributed by atoms with Crippen molar-refractivity contribution in [3.63, 3.8) is 0 Å². The highest BCUT2D eigenvalue weighted by molar-refractivity contribution is 6.90. The van der Waals surface area contributed by atoms with E-state index in [0.29, 0.717) is 27.3 Å². The fourth-order valence-electron chi connectivity index (χ4n) is 3.82. The molecule has 0 atom stereocenters. The second-order valence-corrected chi connectivity index (χ2v) is 13.2. The van der Waals surface area contributed by atoms with Crippen LogP contribution in [0.15, 0.2) is 23.0 Å². The van der Waals surface area contributed by atoms with E-state index in [9.17, 15) is 4.79 Å². The molecule has 128 valence electrons. The van der Waals surface area contributed by atoms with E-state index in [1.807, 2.05) is 6.07 Å². The first-order valence-corrected chi connectivity index (χ1v) is 11.0. The Hall–Kier alpha value is -1.57. The summed E-state index contributed by atoms with van der Waals surface area (Å²) in [6.45, 7) is 13.6. The number of hydrogen-bond donors (Lipinski definition) is 1. The average molecular weight is 361 g/mol. The molecule has 0 fully saturated rings. The topological polar surface area (TPSA) is 45.8 Å². The van der Waals surface area contributed by atoms with Crippen molar-refractivity contribution in [3.8, 4) is 11.5 Å². The van der Waals surface area contributed by atoms with Crippen LogP contribution < -0.4 is 5.69 Å². The summed E-state index contributed by atoms with van der Waals surface area (Å²) in [6, 6.07) is 5.36. The molecular weight excluding hydrogens is 336 g/mol. The molecule has 0 bridgehead atoms. The fourth-order valence-corrected chi connectivity index (χ4v) is 9.20. The molecule has 1 aromatic carbocycles. The van der Waals surface area contributed by atoms with E-state index in [1.54, 1.807) is 12.1 Å². The summed E-state index contributed by atoms with van der Waals surface area (Å²) in [7, 11) is -1.88. The van der Waals surface area contributed by atoms with Crippen molar-refractivity contribution in [2.45, 2.75) is 58.2 Å². The molecule has 3 nitrogen and oxygen atoms in total. The van der Waals surface area contributed by atoms with Crippen LogP contribution in [0.4, 0.5) is 0 Å². The van der Waals surface area contributed by atoms with Crippen LogP contribution in [0.1, 0.15) is 47.2 Å². The van der Waals surface area contributed by atoms with Crippen molar-refractivity contribution >= 4 is 30.6 Å². The molecule has 1 N–H and O–H groups in total. The number of H-pyrrole nitrogens is 1. The summed E-state index contributed by atoms with van der Waals surface area (Å²) in [5.74, 6) is 3.26. The van der Waals surface area contributed by atoms with Crippen LogP contribution >= 0.6 is 11.6 Å². The van der Waals surface area contributed by atoms with Gasteiger partial charge in [0.05, 0.1) is 5.52 Å². The molecule has 0 amide bonds. The van der Waals surface area contributed by atoms with Gasteiger partial charge in [0.15, 0.2) is 0 Å². The van der Waals surface area contributed by atoms with Crippen molar-refractivity contribution in [1.29, 1.82) is 0 Å². The zero-order chi connectivity index (χ0) is 18.1. The predicted octanol–water partition coefficient (Wildman–Crippen LogP) is 5.15. The van der Waals surface area contributed by atoms with Gasteiger partial charge in [-0.1, -0.05) is 59.1 Å². The quantitative estimate of drug-likeness (QED) is 0.608. The number of aromatic amines is 1. The first-order valence-electron chi connectivity index (χ1n) is 8.41. The van der Waals surface area contributed by atoms with Gasteiger partial charge >= 0.3 is 5.69 Å². The number of aromatic nitrogens is 2. The summed E-state index contributed by atoms with van der Waals surface area (Å²) in [6.07, 6.45) is 0. The third-order valence-corrected chi connectivity index (χ3v) is 11.5. The van der Waals surface area contributed by atoms with Gasteiger partial charge in [-0.2, -0.15) is 4.98 Å². The van der Waals surface area contributed by atoms with E-state index in [4.69, 9.17) is 11.6 Å². The Morgan fingerprint density at radius 1 is 1.08 bits per heavy atom. The highest BCUT2D eigenvalue weighted by Gasteiger charge is 2.41. The van der Waals surface area contributed by atoms with Gasteiger partial charge < -0.3 is 4.98 Å². The zero-order valence-corrected chi connectivity index (χ0v) is 17.0. The summed E-state index contributed by atoms with van der Waals surface area (Å²) in [4.78, 5) is 18.7. The lowest BCUT2D eigenvalue weighted by Gasteiger charge is -2.38. The minimum absolute atomic E-state index is 0.375. The average Bonchev–Trinajstić information content (AvgIpc) is 2.47. The van der Waals surface area contributed by atoms with Gasteiger partial charge in [-0.25, -0.2) is 4.79 Å². The molecule has 0 aliphatic carbocycles. The molecule has 0 saturated carbocycles. The first kappa shape index (κ1) is 18.8. The van der Waals surface area contributed by atoms with Crippen LogP contribution in [0.3, 0.4) is 0 Å². The molecular formula is C19H25ClN2OSi. The Morgan fingerprint density at radius 2 is 1.67 bits per heavy atom. The smallest absolute Gasteiger partial charge is 0.305 e. The van der Waals surface area contributed by atoms with Gasteiger partial charge in [0.2, 0.25) is 0 Å². The van der Waals surface area contributed by atoms with E-state index >= 15 is 0 Å². The lowest BCUT2D eigenvalue weighted by molar-refractivity contribution is 0.838. The Bertz CT molecular complexity index is 837. The molecule has 24 heavy (non-hydrogen) atoms. The van der Waals surface area contributed by atoms with Crippen molar-refractivity contribution < 1.29 is 0 Å². The Labute approximate surface area is 149 Å². The monoisotopic (exact) mass is 360 g/mol. The van der Waals surface area contributed by atoms with Crippen LogP contribution in [0.25, 0.3) is 10.9 Å². The summed E-state index contributed by atoms with van der Waals surface area (Å²) >= 11 is 6.11. The summed E-state index contributed by atoms with van der Waals surface area (Å²) in [5, 5.41) is 1.41. The molecule has 1 heterocycles. The molecule has 5 heteroatoms. The molecule has 0 unspecified atom stereocenters. The highest BCUT2D eigenvalue weighted by atomic mass is 35.5. The van der Waals surface area contributed by atoms with Crippen LogP contribution in [0.5, 0.6) is 0 Å². The van der Waals surface area contributed by atoms with Crippen LogP contribution in [-0.4, -0.2) is 18.0 Å². The molecule has 0 spiro atoms. The number of nitrogens with zero attached hydrogens (tertiary/aromatic N) is 1. The van der Waals surface area contributed by atoms with Crippen molar-refractivity contribution in [3.05, 3.63) is 39.4 Å². The second-order valence-electron chi connectivity index (χ2n) is 7.23. The molecule has 2 aromatic rings. The third-order valence-electron chi connectivity index (χ3n) is 4.96. The van der Waals surface area contributed by atoms with E-state index in [1.165, 1.54) is 0 Å². The largest absolute Gasteiger partial charge is 0.346 e. The Balaban J connectivity index is 2.71. The van der Waals surface area contributed by atoms with Gasteiger partial charge in [-0.15, -0.1) is 5.54 Å². The second kappa shape index (κ2) is 7.12. The van der Waals surface area contributed by atoms with Crippen molar-refractivity contribution in [2.24, 2.45) is 0 Å². The Kier molecular flexibility index (Phi) is 5.57. The van der Waals surface area contributed by atoms with Gasteiger partial charge in [-0.05, 0) is 34.8 Å². The maximum absolute atomic E-state index is 11.9. The number of benzene rings is 1. The van der Waals surface area contributed by atoms with Crippen LogP contribution in [0.2, 0.25) is 21.6 Å². The van der Waals surface area contributed by atoms with E-state index < -0.39 is 8.07 Å². The fraction of sp³-hybridized carbons (Fsp3) is 0.474. The van der Waals surface area contributed by atoms with Gasteiger partial charge in [0, 0.05) is 10.4 Å². The number of fused-ring (bicyclic) bond motifs is 1. The van der Waals surface area contributed by atoms with Gasteiger partial charge in [0.25, 0.3) is 0 Å². The predicted molar refractivity (Wildman–Crippen MR) is 105 cm³/mol. The molecule has 0 aliphatic heterocycles. The minimum atomic E-state index is -1.88. The molecule has 2 rings (SSSR count). The summed E-state index contributed by atoms with van der Waals surface area (Å²) < 4.78 is 0. The van der Waals surface area contributed by atoms with Crippen molar-refractivity contribution in [1.82, 2.24) is 9.97 Å². The molecule has 0 aliphatic rings.